The van der Waals surface area contributed by atoms with Gasteiger partial charge in [0.05, 0.1) is 7.11 Å². The highest BCUT2D eigenvalue weighted by molar-refractivity contribution is 7.89. The van der Waals surface area contributed by atoms with E-state index in [4.69, 9.17) is 10.5 Å². The normalized spacial score (nSPS) is 11.3. The first-order valence-electron chi connectivity index (χ1n) is 6.41. The molecule has 0 heterocycles. The number of benzene rings is 2. The van der Waals surface area contributed by atoms with E-state index in [9.17, 15) is 8.42 Å². The molecular formula is C15H18N2O3S. The minimum Gasteiger partial charge on any atom is -0.495 e. The summed E-state index contributed by atoms with van der Waals surface area (Å²) in [7, 11) is -2.25. The third-order valence-corrected chi connectivity index (χ3v) is 4.47. The van der Waals surface area contributed by atoms with Crippen LogP contribution in [-0.4, -0.2) is 15.5 Å². The third-order valence-electron chi connectivity index (χ3n) is 3.03. The Bertz CT molecular complexity index is 742. The van der Waals surface area contributed by atoms with Crippen molar-refractivity contribution in [3.63, 3.8) is 0 Å². The standard InChI is InChI=1S/C15H18N2O3S/c1-11-4-3-5-12(8-11)10-17-21(18,19)15-7-6-13(16)9-14(15)20-2/h3-9,17H,10,16H2,1-2H3. The zero-order valence-corrected chi connectivity index (χ0v) is 12.8. The first kappa shape index (κ1) is 15.3. The molecule has 112 valence electrons. The summed E-state index contributed by atoms with van der Waals surface area (Å²) in [4.78, 5) is 0.0758. The number of nitrogens with one attached hydrogen (secondary N) is 1. The molecule has 2 rings (SSSR count). The first-order valence-corrected chi connectivity index (χ1v) is 7.89. The second-order valence-corrected chi connectivity index (χ2v) is 6.46. The highest BCUT2D eigenvalue weighted by atomic mass is 32.2. The Hall–Kier alpha value is -2.05. The van der Waals surface area contributed by atoms with E-state index in [1.165, 1.54) is 25.3 Å². The Morgan fingerprint density at radius 1 is 1.19 bits per heavy atom. The molecule has 0 aromatic heterocycles. The van der Waals surface area contributed by atoms with Crippen molar-refractivity contribution in [2.45, 2.75) is 18.4 Å². The summed E-state index contributed by atoms with van der Waals surface area (Å²) >= 11 is 0. The average molecular weight is 306 g/mol. The molecule has 0 aliphatic rings. The summed E-state index contributed by atoms with van der Waals surface area (Å²) in [6, 6.07) is 12.1. The van der Waals surface area contributed by atoms with Crippen molar-refractivity contribution >= 4 is 15.7 Å². The Morgan fingerprint density at radius 3 is 2.62 bits per heavy atom. The van der Waals surface area contributed by atoms with Crippen molar-refractivity contribution in [2.24, 2.45) is 0 Å². The van der Waals surface area contributed by atoms with Crippen LogP contribution in [0.2, 0.25) is 0 Å². The quantitative estimate of drug-likeness (QED) is 0.829. The van der Waals surface area contributed by atoms with Gasteiger partial charge in [-0.25, -0.2) is 13.1 Å². The Balaban J connectivity index is 2.23. The molecule has 2 aromatic carbocycles. The molecule has 0 radical (unpaired) electrons. The molecule has 0 fully saturated rings. The fourth-order valence-electron chi connectivity index (χ4n) is 1.98. The minimum absolute atomic E-state index is 0.0758. The van der Waals surface area contributed by atoms with Crippen LogP contribution < -0.4 is 15.2 Å². The molecule has 0 unspecified atom stereocenters. The highest BCUT2D eigenvalue weighted by Gasteiger charge is 2.19. The summed E-state index contributed by atoms with van der Waals surface area (Å²) < 4.78 is 32.3. The predicted octanol–water partition coefficient (Wildman–Crippen LogP) is 2.06. The average Bonchev–Trinajstić information content (AvgIpc) is 2.45. The molecule has 0 aliphatic heterocycles. The van der Waals surface area contributed by atoms with Crippen LogP contribution >= 0.6 is 0 Å². The fourth-order valence-corrected chi connectivity index (χ4v) is 3.15. The van der Waals surface area contributed by atoms with Crippen molar-refractivity contribution in [3.05, 3.63) is 53.6 Å². The molecule has 0 amide bonds. The zero-order valence-electron chi connectivity index (χ0n) is 12.0. The van der Waals surface area contributed by atoms with Crippen LogP contribution in [0.15, 0.2) is 47.4 Å². The van der Waals surface area contributed by atoms with Crippen molar-refractivity contribution in [1.82, 2.24) is 4.72 Å². The summed E-state index contributed by atoms with van der Waals surface area (Å²) in [5.41, 5.74) is 8.06. The molecule has 0 bridgehead atoms. The Labute approximate surface area is 124 Å². The van der Waals surface area contributed by atoms with Gasteiger partial charge in [0, 0.05) is 18.3 Å². The van der Waals surface area contributed by atoms with Crippen LogP contribution in [-0.2, 0) is 16.6 Å². The second kappa shape index (κ2) is 6.15. The number of aryl methyl sites for hydroxylation is 1. The Morgan fingerprint density at radius 2 is 1.95 bits per heavy atom. The Kier molecular flexibility index (Phi) is 4.50. The van der Waals surface area contributed by atoms with E-state index < -0.39 is 10.0 Å². The van der Waals surface area contributed by atoms with E-state index >= 15 is 0 Å². The minimum atomic E-state index is -3.66. The van der Waals surface area contributed by atoms with E-state index in [0.29, 0.717) is 5.69 Å². The molecule has 2 aromatic rings. The van der Waals surface area contributed by atoms with E-state index in [-0.39, 0.29) is 17.2 Å². The van der Waals surface area contributed by atoms with Gasteiger partial charge >= 0.3 is 0 Å². The molecule has 6 heteroatoms. The summed E-state index contributed by atoms with van der Waals surface area (Å²) in [5, 5.41) is 0. The van der Waals surface area contributed by atoms with Gasteiger partial charge in [-0.1, -0.05) is 29.8 Å². The van der Waals surface area contributed by atoms with E-state index in [2.05, 4.69) is 4.72 Å². The van der Waals surface area contributed by atoms with Gasteiger partial charge in [0.15, 0.2) is 0 Å². The molecule has 5 nitrogen and oxygen atoms in total. The van der Waals surface area contributed by atoms with E-state index in [1.54, 1.807) is 0 Å². The number of ether oxygens (including phenoxy) is 1. The molecule has 0 aliphatic carbocycles. The smallest absolute Gasteiger partial charge is 0.244 e. The fraction of sp³-hybridized carbons (Fsp3) is 0.200. The summed E-state index contributed by atoms with van der Waals surface area (Å²) in [6.07, 6.45) is 0. The number of sulfonamides is 1. The number of hydrogen-bond acceptors (Lipinski definition) is 4. The number of hydrogen-bond donors (Lipinski definition) is 2. The molecule has 0 spiro atoms. The van der Waals surface area contributed by atoms with Gasteiger partial charge in [-0.15, -0.1) is 0 Å². The lowest BCUT2D eigenvalue weighted by Gasteiger charge is -2.11. The molecule has 3 N–H and O–H groups in total. The van der Waals surface area contributed by atoms with Gasteiger partial charge in [0.25, 0.3) is 0 Å². The van der Waals surface area contributed by atoms with Crippen molar-refractivity contribution < 1.29 is 13.2 Å². The lowest BCUT2D eigenvalue weighted by molar-refractivity contribution is 0.402. The monoisotopic (exact) mass is 306 g/mol. The maximum absolute atomic E-state index is 12.3. The van der Waals surface area contributed by atoms with E-state index in [0.717, 1.165) is 11.1 Å². The van der Waals surface area contributed by atoms with Crippen LogP contribution in [0.4, 0.5) is 5.69 Å². The number of methoxy groups -OCH3 is 1. The van der Waals surface area contributed by atoms with Gasteiger partial charge in [-0.3, -0.25) is 0 Å². The van der Waals surface area contributed by atoms with Crippen molar-refractivity contribution in [3.8, 4) is 5.75 Å². The highest BCUT2D eigenvalue weighted by Crippen LogP contribution is 2.25. The number of anilines is 1. The maximum atomic E-state index is 12.3. The summed E-state index contributed by atoms with van der Waals surface area (Å²) in [6.45, 7) is 2.18. The van der Waals surface area contributed by atoms with Gasteiger partial charge < -0.3 is 10.5 Å². The van der Waals surface area contributed by atoms with Crippen LogP contribution in [0, 0.1) is 6.92 Å². The molecule has 21 heavy (non-hydrogen) atoms. The zero-order chi connectivity index (χ0) is 15.5. The van der Waals surface area contributed by atoms with Gasteiger partial charge in [0.1, 0.15) is 10.6 Å². The van der Waals surface area contributed by atoms with Crippen molar-refractivity contribution in [1.29, 1.82) is 0 Å². The van der Waals surface area contributed by atoms with Crippen molar-refractivity contribution in [2.75, 3.05) is 12.8 Å². The van der Waals surface area contributed by atoms with Gasteiger partial charge in [-0.05, 0) is 24.6 Å². The number of nitrogen functional groups attached to an aromatic ring is 1. The van der Waals surface area contributed by atoms with Crippen LogP contribution in [0.25, 0.3) is 0 Å². The SMILES string of the molecule is COc1cc(N)ccc1S(=O)(=O)NCc1cccc(C)c1. The summed E-state index contributed by atoms with van der Waals surface area (Å²) in [5.74, 6) is 0.228. The molecular weight excluding hydrogens is 288 g/mol. The van der Waals surface area contributed by atoms with Crippen LogP contribution in [0.5, 0.6) is 5.75 Å². The van der Waals surface area contributed by atoms with E-state index in [1.807, 2.05) is 31.2 Å². The maximum Gasteiger partial charge on any atom is 0.244 e. The first-order chi connectivity index (χ1) is 9.92. The van der Waals surface area contributed by atoms with Gasteiger partial charge in [-0.2, -0.15) is 0 Å². The van der Waals surface area contributed by atoms with Crippen LogP contribution in [0.3, 0.4) is 0 Å². The molecule has 0 saturated heterocycles. The van der Waals surface area contributed by atoms with Gasteiger partial charge in [0.2, 0.25) is 10.0 Å². The molecule has 0 atom stereocenters. The van der Waals surface area contributed by atoms with Crippen LogP contribution in [0.1, 0.15) is 11.1 Å². The second-order valence-electron chi connectivity index (χ2n) is 4.72. The molecule has 0 saturated carbocycles. The number of rotatable bonds is 5. The lowest BCUT2D eigenvalue weighted by Crippen LogP contribution is -2.23. The largest absolute Gasteiger partial charge is 0.495 e. The topological polar surface area (TPSA) is 81.4 Å². The predicted molar refractivity (Wildman–Crippen MR) is 82.6 cm³/mol. The lowest BCUT2D eigenvalue weighted by atomic mass is 10.1. The third kappa shape index (κ3) is 3.74. The number of nitrogens with two attached hydrogens (primary N) is 1.